The van der Waals surface area contributed by atoms with E-state index in [1.165, 1.54) is 31.4 Å². The van der Waals surface area contributed by atoms with E-state index < -0.39 is 0 Å². The van der Waals surface area contributed by atoms with Crippen molar-refractivity contribution in [3.8, 4) is 5.75 Å². The Kier molecular flexibility index (Phi) is 3.28. The fourth-order valence-electron chi connectivity index (χ4n) is 1.66. The van der Waals surface area contributed by atoms with Crippen LogP contribution in [0.4, 0.5) is 10.1 Å². The minimum atomic E-state index is -0.383. The number of nitrogen functional groups attached to an aromatic ring is 1. The minimum Gasteiger partial charge on any atom is -0.496 e. The zero-order chi connectivity index (χ0) is 13.1. The largest absolute Gasteiger partial charge is 0.496 e. The number of benzene rings is 2. The van der Waals surface area contributed by atoms with Gasteiger partial charge < -0.3 is 10.5 Å². The Morgan fingerprint density at radius 3 is 2.44 bits per heavy atom. The average Bonchev–Trinajstić information content (AvgIpc) is 2.39. The fraction of sp³-hybridized carbons (Fsp3) is 0.0714. The van der Waals surface area contributed by atoms with Crippen LogP contribution in [0.1, 0.15) is 15.9 Å². The van der Waals surface area contributed by atoms with Crippen molar-refractivity contribution >= 4 is 11.5 Å². The van der Waals surface area contributed by atoms with Gasteiger partial charge in [-0.15, -0.1) is 0 Å². The van der Waals surface area contributed by atoms with Crippen molar-refractivity contribution in [3.05, 3.63) is 59.4 Å². The van der Waals surface area contributed by atoms with E-state index in [1.54, 1.807) is 18.2 Å². The highest BCUT2D eigenvalue weighted by Gasteiger charge is 2.14. The van der Waals surface area contributed by atoms with Crippen LogP contribution < -0.4 is 10.5 Å². The van der Waals surface area contributed by atoms with Crippen LogP contribution in [0.2, 0.25) is 0 Å². The van der Waals surface area contributed by atoms with E-state index in [4.69, 9.17) is 10.5 Å². The Morgan fingerprint density at radius 2 is 1.83 bits per heavy atom. The molecule has 0 aliphatic carbocycles. The van der Waals surface area contributed by atoms with E-state index in [1.807, 2.05) is 0 Å². The number of halogens is 1. The molecule has 2 aromatic rings. The molecule has 0 atom stereocenters. The molecule has 4 heteroatoms. The summed E-state index contributed by atoms with van der Waals surface area (Å²) in [5.74, 6) is -0.191. The van der Waals surface area contributed by atoms with Crippen molar-refractivity contribution in [2.45, 2.75) is 0 Å². The van der Waals surface area contributed by atoms with Crippen LogP contribution in [0.5, 0.6) is 5.75 Å². The molecule has 0 amide bonds. The van der Waals surface area contributed by atoms with Crippen LogP contribution >= 0.6 is 0 Å². The molecule has 2 rings (SSSR count). The number of hydrogen-bond donors (Lipinski definition) is 1. The number of anilines is 1. The predicted molar refractivity (Wildman–Crippen MR) is 67.2 cm³/mol. The predicted octanol–water partition coefficient (Wildman–Crippen LogP) is 2.65. The molecule has 92 valence electrons. The maximum Gasteiger partial charge on any atom is 0.196 e. The molecule has 3 nitrogen and oxygen atoms in total. The van der Waals surface area contributed by atoms with Gasteiger partial charge in [0.1, 0.15) is 11.6 Å². The summed E-state index contributed by atoms with van der Waals surface area (Å²) in [6.45, 7) is 0. The highest BCUT2D eigenvalue weighted by Crippen LogP contribution is 2.24. The average molecular weight is 245 g/mol. The first-order valence-corrected chi connectivity index (χ1v) is 5.35. The zero-order valence-electron chi connectivity index (χ0n) is 9.81. The summed E-state index contributed by atoms with van der Waals surface area (Å²) >= 11 is 0. The molecule has 0 saturated carbocycles. The second kappa shape index (κ2) is 4.87. The van der Waals surface area contributed by atoms with Gasteiger partial charge in [0, 0.05) is 11.3 Å². The normalized spacial score (nSPS) is 10.1. The summed E-state index contributed by atoms with van der Waals surface area (Å²) in [5.41, 5.74) is 6.88. The van der Waals surface area contributed by atoms with Crippen molar-refractivity contribution < 1.29 is 13.9 Å². The number of hydrogen-bond acceptors (Lipinski definition) is 3. The van der Waals surface area contributed by atoms with Gasteiger partial charge in [0.25, 0.3) is 0 Å². The molecular weight excluding hydrogens is 233 g/mol. The van der Waals surface area contributed by atoms with Gasteiger partial charge >= 0.3 is 0 Å². The van der Waals surface area contributed by atoms with E-state index in [0.717, 1.165) is 0 Å². The third kappa shape index (κ3) is 2.32. The molecule has 0 bridgehead atoms. The lowest BCUT2D eigenvalue weighted by molar-refractivity contribution is 0.103. The van der Waals surface area contributed by atoms with Crippen LogP contribution in [0.25, 0.3) is 0 Å². The van der Waals surface area contributed by atoms with Crippen molar-refractivity contribution in [1.29, 1.82) is 0 Å². The second-order valence-corrected chi connectivity index (χ2v) is 3.80. The van der Waals surface area contributed by atoms with Crippen molar-refractivity contribution in [2.75, 3.05) is 12.8 Å². The van der Waals surface area contributed by atoms with E-state index >= 15 is 0 Å². The van der Waals surface area contributed by atoms with Crippen LogP contribution in [0.3, 0.4) is 0 Å². The summed E-state index contributed by atoms with van der Waals surface area (Å²) in [4.78, 5) is 12.2. The molecule has 2 aromatic carbocycles. The third-order valence-electron chi connectivity index (χ3n) is 2.57. The van der Waals surface area contributed by atoms with Gasteiger partial charge in [-0.2, -0.15) is 0 Å². The minimum absolute atomic E-state index is 0.251. The van der Waals surface area contributed by atoms with Gasteiger partial charge in [-0.05, 0) is 42.5 Å². The van der Waals surface area contributed by atoms with Gasteiger partial charge in [0.2, 0.25) is 0 Å². The van der Waals surface area contributed by atoms with Crippen molar-refractivity contribution in [3.63, 3.8) is 0 Å². The van der Waals surface area contributed by atoms with Crippen molar-refractivity contribution in [1.82, 2.24) is 0 Å². The Labute approximate surface area is 104 Å². The standard InChI is InChI=1S/C14H12FNO2/c1-18-13-7-6-11(16)8-12(13)14(17)9-2-4-10(15)5-3-9/h2-8H,16H2,1H3. The van der Waals surface area contributed by atoms with Gasteiger partial charge in [0.05, 0.1) is 12.7 Å². The molecular formula is C14H12FNO2. The number of ether oxygens (including phenoxy) is 1. The maximum atomic E-state index is 12.8. The summed E-state index contributed by atoms with van der Waals surface area (Å²) < 4.78 is 17.9. The number of methoxy groups -OCH3 is 1. The Balaban J connectivity index is 2.45. The Morgan fingerprint density at radius 1 is 1.17 bits per heavy atom. The van der Waals surface area contributed by atoms with Crippen LogP contribution in [-0.2, 0) is 0 Å². The maximum absolute atomic E-state index is 12.8. The summed E-state index contributed by atoms with van der Waals surface area (Å²) in [6, 6.07) is 10.2. The molecule has 0 aromatic heterocycles. The van der Waals surface area contributed by atoms with Gasteiger partial charge in [-0.1, -0.05) is 0 Å². The quantitative estimate of drug-likeness (QED) is 0.668. The van der Waals surface area contributed by atoms with E-state index in [9.17, 15) is 9.18 Å². The van der Waals surface area contributed by atoms with Gasteiger partial charge in [0.15, 0.2) is 5.78 Å². The first kappa shape index (κ1) is 12.1. The summed E-state index contributed by atoms with van der Waals surface area (Å²) in [5, 5.41) is 0. The lowest BCUT2D eigenvalue weighted by atomic mass is 10.0. The molecule has 2 N–H and O–H groups in total. The molecule has 0 saturated heterocycles. The third-order valence-corrected chi connectivity index (χ3v) is 2.57. The monoisotopic (exact) mass is 245 g/mol. The molecule has 0 aliphatic heterocycles. The highest BCUT2D eigenvalue weighted by atomic mass is 19.1. The number of rotatable bonds is 3. The molecule has 18 heavy (non-hydrogen) atoms. The zero-order valence-corrected chi connectivity index (χ0v) is 9.81. The first-order valence-electron chi connectivity index (χ1n) is 5.35. The number of nitrogens with two attached hydrogens (primary N) is 1. The fourth-order valence-corrected chi connectivity index (χ4v) is 1.66. The van der Waals surface area contributed by atoms with Crippen molar-refractivity contribution in [2.24, 2.45) is 0 Å². The lowest BCUT2D eigenvalue weighted by Crippen LogP contribution is -2.05. The lowest BCUT2D eigenvalue weighted by Gasteiger charge is -2.08. The van der Waals surface area contributed by atoms with Gasteiger partial charge in [-0.3, -0.25) is 4.79 Å². The molecule has 0 fully saturated rings. The molecule has 0 radical (unpaired) electrons. The molecule has 0 heterocycles. The number of carbonyl (C=O) groups excluding carboxylic acids is 1. The summed E-state index contributed by atoms with van der Waals surface area (Å²) in [7, 11) is 1.48. The molecule has 0 aliphatic rings. The van der Waals surface area contributed by atoms with Gasteiger partial charge in [-0.25, -0.2) is 4.39 Å². The van der Waals surface area contributed by atoms with Crippen LogP contribution in [-0.4, -0.2) is 12.9 Å². The second-order valence-electron chi connectivity index (χ2n) is 3.80. The smallest absolute Gasteiger partial charge is 0.196 e. The van der Waals surface area contributed by atoms with E-state index in [2.05, 4.69) is 0 Å². The molecule has 0 spiro atoms. The van der Waals surface area contributed by atoms with E-state index in [0.29, 0.717) is 22.6 Å². The molecule has 0 unspecified atom stereocenters. The first-order chi connectivity index (χ1) is 8.61. The highest BCUT2D eigenvalue weighted by molar-refractivity contribution is 6.11. The number of carbonyl (C=O) groups is 1. The summed E-state index contributed by atoms with van der Waals surface area (Å²) in [6.07, 6.45) is 0. The Hall–Kier alpha value is -2.36. The van der Waals surface area contributed by atoms with Crippen LogP contribution in [0, 0.1) is 5.82 Å². The Bertz CT molecular complexity index is 579. The SMILES string of the molecule is COc1ccc(N)cc1C(=O)c1ccc(F)cc1. The topological polar surface area (TPSA) is 52.3 Å². The van der Waals surface area contributed by atoms with E-state index in [-0.39, 0.29) is 11.6 Å². The number of ketones is 1. The van der Waals surface area contributed by atoms with Crippen LogP contribution in [0.15, 0.2) is 42.5 Å².